The van der Waals surface area contributed by atoms with E-state index in [9.17, 15) is 10.2 Å². The highest BCUT2D eigenvalue weighted by molar-refractivity contribution is 4.79. The van der Waals surface area contributed by atoms with Gasteiger partial charge >= 0.3 is 0 Å². The summed E-state index contributed by atoms with van der Waals surface area (Å²) in [7, 11) is 0. The molecule has 0 aliphatic heterocycles. The van der Waals surface area contributed by atoms with E-state index in [1.807, 2.05) is 12.3 Å². The lowest BCUT2D eigenvalue weighted by molar-refractivity contribution is 0.132. The van der Waals surface area contributed by atoms with Gasteiger partial charge in [0.05, 0.1) is 19.3 Å². The molecule has 0 amide bonds. The number of aromatic nitrogens is 2. The summed E-state index contributed by atoms with van der Waals surface area (Å²) in [6, 6.07) is 1.89. The van der Waals surface area contributed by atoms with Crippen molar-refractivity contribution in [3.05, 3.63) is 18.5 Å². The van der Waals surface area contributed by atoms with Crippen LogP contribution in [0.15, 0.2) is 18.5 Å². The molecule has 3 N–H and O–H groups in total. The van der Waals surface area contributed by atoms with E-state index in [2.05, 4.69) is 24.3 Å². The standard InChI is InChI=1S/C12H23N3O2/c1-10(2)6-11(9-16)13-7-12(17)8-15-5-3-4-14-15/h3-5,10-13,16-17H,6-9H2,1-2H3. The van der Waals surface area contributed by atoms with E-state index < -0.39 is 6.10 Å². The van der Waals surface area contributed by atoms with Gasteiger partial charge in [-0.05, 0) is 18.4 Å². The number of nitrogens with one attached hydrogen (secondary N) is 1. The van der Waals surface area contributed by atoms with E-state index in [1.165, 1.54) is 0 Å². The molecule has 98 valence electrons. The van der Waals surface area contributed by atoms with Crippen molar-refractivity contribution >= 4 is 0 Å². The van der Waals surface area contributed by atoms with Gasteiger partial charge in [0.25, 0.3) is 0 Å². The molecular weight excluding hydrogens is 218 g/mol. The van der Waals surface area contributed by atoms with Gasteiger partial charge < -0.3 is 15.5 Å². The van der Waals surface area contributed by atoms with Crippen molar-refractivity contribution in [2.75, 3.05) is 13.2 Å². The minimum absolute atomic E-state index is 0.0577. The second-order valence-corrected chi connectivity index (χ2v) is 4.80. The Morgan fingerprint density at radius 1 is 1.41 bits per heavy atom. The SMILES string of the molecule is CC(C)CC(CO)NCC(O)Cn1cccn1. The van der Waals surface area contributed by atoms with E-state index in [0.29, 0.717) is 19.0 Å². The molecule has 1 aromatic rings. The summed E-state index contributed by atoms with van der Waals surface area (Å²) in [5, 5.41) is 26.2. The predicted molar refractivity (Wildman–Crippen MR) is 66.6 cm³/mol. The minimum Gasteiger partial charge on any atom is -0.395 e. The lowest BCUT2D eigenvalue weighted by Crippen LogP contribution is -2.40. The van der Waals surface area contributed by atoms with E-state index in [-0.39, 0.29) is 12.6 Å². The first-order valence-electron chi connectivity index (χ1n) is 6.11. The van der Waals surface area contributed by atoms with Crippen molar-refractivity contribution in [3.63, 3.8) is 0 Å². The molecule has 5 nitrogen and oxygen atoms in total. The average Bonchev–Trinajstić information content (AvgIpc) is 2.76. The van der Waals surface area contributed by atoms with Gasteiger partial charge in [-0.1, -0.05) is 13.8 Å². The summed E-state index contributed by atoms with van der Waals surface area (Å²) < 4.78 is 1.70. The lowest BCUT2D eigenvalue weighted by atomic mass is 10.0. The number of rotatable bonds is 8. The summed E-state index contributed by atoms with van der Waals surface area (Å²) in [6.07, 6.45) is 3.93. The number of nitrogens with zero attached hydrogens (tertiary/aromatic N) is 2. The Balaban J connectivity index is 2.24. The quantitative estimate of drug-likeness (QED) is 0.610. The monoisotopic (exact) mass is 241 g/mol. The molecule has 0 bridgehead atoms. The predicted octanol–water partition coefficient (Wildman–Crippen LogP) is 0.241. The van der Waals surface area contributed by atoms with Crippen LogP contribution in [0.4, 0.5) is 0 Å². The van der Waals surface area contributed by atoms with Gasteiger partial charge in [0.2, 0.25) is 0 Å². The van der Waals surface area contributed by atoms with E-state index in [4.69, 9.17) is 0 Å². The van der Waals surface area contributed by atoms with Gasteiger partial charge in [0.15, 0.2) is 0 Å². The Morgan fingerprint density at radius 3 is 2.71 bits per heavy atom. The first-order chi connectivity index (χ1) is 8.11. The van der Waals surface area contributed by atoms with Crippen molar-refractivity contribution in [2.45, 2.75) is 39.0 Å². The fourth-order valence-corrected chi connectivity index (χ4v) is 1.78. The molecule has 17 heavy (non-hydrogen) atoms. The van der Waals surface area contributed by atoms with Crippen molar-refractivity contribution in [3.8, 4) is 0 Å². The Labute approximate surface area is 102 Å². The first kappa shape index (κ1) is 14.2. The summed E-state index contributed by atoms with van der Waals surface area (Å²) in [4.78, 5) is 0. The van der Waals surface area contributed by atoms with Crippen LogP contribution in [0.25, 0.3) is 0 Å². The summed E-state index contributed by atoms with van der Waals surface area (Å²) in [6.45, 7) is 5.28. The molecule has 1 rings (SSSR count). The van der Waals surface area contributed by atoms with Crippen molar-refractivity contribution in [2.24, 2.45) is 5.92 Å². The molecule has 0 saturated carbocycles. The number of hydrogen-bond donors (Lipinski definition) is 3. The fraction of sp³-hybridized carbons (Fsp3) is 0.750. The molecule has 0 aliphatic rings. The van der Waals surface area contributed by atoms with Gasteiger partial charge in [-0.3, -0.25) is 4.68 Å². The first-order valence-corrected chi connectivity index (χ1v) is 6.11. The lowest BCUT2D eigenvalue weighted by Gasteiger charge is -2.20. The van der Waals surface area contributed by atoms with Crippen LogP contribution in [0.2, 0.25) is 0 Å². The molecule has 0 saturated heterocycles. The third-order valence-corrected chi connectivity index (χ3v) is 2.58. The molecule has 2 unspecified atom stereocenters. The van der Waals surface area contributed by atoms with Crippen LogP contribution in [0.3, 0.4) is 0 Å². The van der Waals surface area contributed by atoms with Crippen LogP contribution < -0.4 is 5.32 Å². The van der Waals surface area contributed by atoms with Gasteiger partial charge in [0, 0.05) is 25.0 Å². The second kappa shape index (κ2) is 7.42. The summed E-state index contributed by atoms with van der Waals surface area (Å²) >= 11 is 0. The maximum Gasteiger partial charge on any atom is 0.0860 e. The number of aliphatic hydroxyl groups excluding tert-OH is 2. The van der Waals surface area contributed by atoms with E-state index in [0.717, 1.165) is 6.42 Å². The van der Waals surface area contributed by atoms with Gasteiger partial charge in [0.1, 0.15) is 0 Å². The van der Waals surface area contributed by atoms with E-state index >= 15 is 0 Å². The van der Waals surface area contributed by atoms with Crippen molar-refractivity contribution < 1.29 is 10.2 Å². The molecule has 0 aromatic carbocycles. The number of hydrogen-bond acceptors (Lipinski definition) is 4. The normalized spacial score (nSPS) is 15.1. The Kier molecular flexibility index (Phi) is 6.18. The second-order valence-electron chi connectivity index (χ2n) is 4.80. The number of aliphatic hydroxyl groups is 2. The molecule has 0 radical (unpaired) electrons. The highest BCUT2D eigenvalue weighted by Crippen LogP contribution is 2.04. The van der Waals surface area contributed by atoms with Crippen LogP contribution in [0.1, 0.15) is 20.3 Å². The van der Waals surface area contributed by atoms with Crippen LogP contribution in [-0.2, 0) is 6.54 Å². The van der Waals surface area contributed by atoms with Crippen LogP contribution in [0.5, 0.6) is 0 Å². The third kappa shape index (κ3) is 5.81. The van der Waals surface area contributed by atoms with Crippen LogP contribution >= 0.6 is 0 Å². The molecule has 1 heterocycles. The molecule has 0 spiro atoms. The zero-order valence-corrected chi connectivity index (χ0v) is 10.6. The van der Waals surface area contributed by atoms with Gasteiger partial charge in [-0.2, -0.15) is 5.10 Å². The Bertz CT molecular complexity index is 288. The highest BCUT2D eigenvalue weighted by atomic mass is 16.3. The van der Waals surface area contributed by atoms with Crippen molar-refractivity contribution in [1.29, 1.82) is 0 Å². The maximum absolute atomic E-state index is 9.79. The molecule has 0 fully saturated rings. The summed E-state index contributed by atoms with van der Waals surface area (Å²) in [5.74, 6) is 0.530. The van der Waals surface area contributed by atoms with Gasteiger partial charge in [-0.15, -0.1) is 0 Å². The maximum atomic E-state index is 9.79. The smallest absolute Gasteiger partial charge is 0.0860 e. The molecule has 1 aromatic heterocycles. The van der Waals surface area contributed by atoms with Crippen molar-refractivity contribution in [1.82, 2.24) is 15.1 Å². The minimum atomic E-state index is -0.490. The average molecular weight is 241 g/mol. The zero-order valence-electron chi connectivity index (χ0n) is 10.6. The highest BCUT2D eigenvalue weighted by Gasteiger charge is 2.12. The van der Waals surface area contributed by atoms with Gasteiger partial charge in [-0.25, -0.2) is 0 Å². The topological polar surface area (TPSA) is 70.3 Å². The Morgan fingerprint density at radius 2 is 2.18 bits per heavy atom. The fourth-order valence-electron chi connectivity index (χ4n) is 1.78. The third-order valence-electron chi connectivity index (χ3n) is 2.58. The van der Waals surface area contributed by atoms with Crippen LogP contribution in [-0.4, -0.2) is 45.3 Å². The molecule has 5 heteroatoms. The Hall–Kier alpha value is -0.910. The zero-order chi connectivity index (χ0) is 12.7. The van der Waals surface area contributed by atoms with Crippen LogP contribution in [0, 0.1) is 5.92 Å². The summed E-state index contributed by atoms with van der Waals surface area (Å²) in [5.41, 5.74) is 0. The largest absolute Gasteiger partial charge is 0.395 e. The molecular formula is C12H23N3O2. The molecule has 0 aliphatic carbocycles. The molecule has 2 atom stereocenters. The van der Waals surface area contributed by atoms with E-state index in [1.54, 1.807) is 10.9 Å².